The first-order chi connectivity index (χ1) is 47.0. The molecule has 7 heterocycles. The molecule has 0 spiro atoms. The van der Waals surface area contributed by atoms with E-state index in [1.165, 1.54) is 23.5 Å². The van der Waals surface area contributed by atoms with Crippen LogP contribution in [0, 0.1) is 26.6 Å². The second-order valence-corrected chi connectivity index (χ2v) is 25.6. The van der Waals surface area contributed by atoms with Crippen LogP contribution in [0.15, 0.2) is 170 Å². The molecule has 11 aromatic rings. The molecule has 21 nitrogen and oxygen atoms in total. The number of carbonyl (C=O) groups excluding carboxylic acids is 3. The van der Waals surface area contributed by atoms with Crippen molar-refractivity contribution in [3.05, 3.63) is 248 Å². The van der Waals surface area contributed by atoms with Gasteiger partial charge in [0.2, 0.25) is 0 Å². The van der Waals surface area contributed by atoms with E-state index in [2.05, 4.69) is 45.5 Å². The van der Waals surface area contributed by atoms with Crippen LogP contribution in [-0.2, 0) is 30.5 Å². The zero-order valence-electron chi connectivity index (χ0n) is 53.4. The van der Waals surface area contributed by atoms with Gasteiger partial charge in [-0.05, 0) is 190 Å². The van der Waals surface area contributed by atoms with Crippen molar-refractivity contribution in [2.24, 2.45) is 0 Å². The van der Waals surface area contributed by atoms with Gasteiger partial charge in [0.1, 0.15) is 23.3 Å². The fraction of sp³-hybridized carbons (Fsp3) is 0.247. The molecule has 24 heteroatoms. The molecule has 0 amide bonds. The van der Waals surface area contributed by atoms with Crippen LogP contribution in [0.4, 0.5) is 21.5 Å². The lowest BCUT2D eigenvalue weighted by Crippen LogP contribution is -2.36. The van der Waals surface area contributed by atoms with E-state index in [9.17, 15) is 18.8 Å². The number of carbonyl (C=O) groups is 3. The molecule has 97 heavy (non-hydrogen) atoms. The average molecular weight is 1350 g/mol. The summed E-state index contributed by atoms with van der Waals surface area (Å²) in [7, 11) is 0. The maximum atomic E-state index is 13.3. The van der Waals surface area contributed by atoms with Crippen LogP contribution in [0.1, 0.15) is 121 Å². The van der Waals surface area contributed by atoms with Gasteiger partial charge in [0, 0.05) is 44.5 Å². The fourth-order valence-electron chi connectivity index (χ4n) is 12.3. The Morgan fingerprint density at radius 2 is 0.794 bits per heavy atom. The molecule has 0 radical (unpaired) electrons. The normalized spacial score (nSPS) is 15.4. The number of halogens is 2. The van der Waals surface area contributed by atoms with Crippen molar-refractivity contribution in [3.63, 3.8) is 0 Å². The summed E-state index contributed by atoms with van der Waals surface area (Å²) in [5, 5.41) is 22.1. The number of hydrogen-bond acceptors (Lipinski definition) is 19. The van der Waals surface area contributed by atoms with Gasteiger partial charge in [-0.25, -0.2) is 33.7 Å². The van der Waals surface area contributed by atoms with Crippen molar-refractivity contribution >= 4 is 57.9 Å². The molecular formula is C73H70ClFN12O9S. The summed E-state index contributed by atoms with van der Waals surface area (Å²) in [4.78, 5) is 53.1. The van der Waals surface area contributed by atoms with Crippen LogP contribution >= 0.6 is 22.9 Å². The number of anilines is 3. The van der Waals surface area contributed by atoms with Gasteiger partial charge in [-0.2, -0.15) is 15.3 Å². The lowest BCUT2D eigenvalue weighted by atomic mass is 9.73. The van der Waals surface area contributed by atoms with Crippen molar-refractivity contribution in [3.8, 4) is 38.8 Å². The zero-order valence-corrected chi connectivity index (χ0v) is 55.0. The number of esters is 3. The molecule has 496 valence electrons. The number of aromatic amines is 3. The van der Waals surface area contributed by atoms with Crippen LogP contribution in [0.2, 0.25) is 4.34 Å². The van der Waals surface area contributed by atoms with E-state index in [0.29, 0.717) is 89.2 Å². The number of nitrogens with one attached hydrogen (secondary N) is 3. The fourth-order valence-corrected chi connectivity index (χ4v) is 13.3. The number of rotatable bonds is 14. The van der Waals surface area contributed by atoms with E-state index in [1.807, 2.05) is 75.4 Å². The number of ether oxygens (including phenoxy) is 6. The third-order valence-corrected chi connectivity index (χ3v) is 19.0. The Morgan fingerprint density at radius 1 is 0.443 bits per heavy atom. The number of thiophene rings is 1. The van der Waals surface area contributed by atoms with E-state index >= 15 is 0 Å². The summed E-state index contributed by atoms with van der Waals surface area (Å²) in [6.45, 7) is 9.41. The van der Waals surface area contributed by atoms with Crippen molar-refractivity contribution in [2.45, 2.75) is 75.5 Å². The van der Waals surface area contributed by atoms with Crippen molar-refractivity contribution < 1.29 is 47.2 Å². The topological polar surface area (TPSA) is 309 Å². The molecule has 0 aliphatic carbocycles. The van der Waals surface area contributed by atoms with Crippen molar-refractivity contribution in [1.29, 1.82) is 0 Å². The first-order valence-corrected chi connectivity index (χ1v) is 32.7. The van der Waals surface area contributed by atoms with Gasteiger partial charge in [-0.3, -0.25) is 15.3 Å². The number of hydrogen-bond donors (Lipinski definition) is 6. The second kappa shape index (κ2) is 29.3. The van der Waals surface area contributed by atoms with Crippen molar-refractivity contribution in [2.75, 3.05) is 56.8 Å². The van der Waals surface area contributed by atoms with Crippen molar-refractivity contribution in [1.82, 2.24) is 45.5 Å². The second-order valence-electron chi connectivity index (χ2n) is 23.9. The SMILES string of the molecule is Cc1nc(C2(c3ccc(C(=O)Oc4cc(-c5ccc(Cl)s5)ccc4N)cc3)CCOCC2)n[nH]1.Cc1nc(C2(c3ccc(C(=O)Oc4cc(-c5ccc(F)cc5)ccc4N)cc3)CCOCC2)n[nH]1.Cc1nc(C2(c3ccc(C(=O)Oc4ccccc4N)cc3)CCOCC2)n[nH]1. The van der Waals surface area contributed by atoms with Gasteiger partial charge >= 0.3 is 17.9 Å². The molecule has 7 aromatic carbocycles. The highest BCUT2D eigenvalue weighted by Crippen LogP contribution is 2.43. The van der Waals surface area contributed by atoms with Crippen LogP contribution in [0.3, 0.4) is 0 Å². The Bertz CT molecular complexity index is 4560. The Balaban J connectivity index is 0.000000140. The summed E-state index contributed by atoms with van der Waals surface area (Å²) < 4.78 is 47.4. The number of aromatic nitrogens is 9. The Morgan fingerprint density at radius 3 is 1.15 bits per heavy atom. The molecule has 0 bridgehead atoms. The Labute approximate surface area is 567 Å². The smallest absolute Gasteiger partial charge is 0.343 e. The molecule has 0 atom stereocenters. The minimum absolute atomic E-state index is 0.248. The predicted molar refractivity (Wildman–Crippen MR) is 366 cm³/mol. The third-order valence-electron chi connectivity index (χ3n) is 17.7. The maximum absolute atomic E-state index is 13.3. The van der Waals surface area contributed by atoms with E-state index in [4.69, 9.17) is 57.2 Å². The standard InChI is InChI=1S/C27H25FN4O3.C25H23ClN4O3S.C21H22N4O3/c1-17-30-26(32-31-17)27(12-14-34-15-13-27)21-7-2-19(3-8-21)25(33)35-24-16-20(6-11-23(24)29)18-4-9-22(28)10-5-18;1-15-28-24(30-29-15)25(10-12-32-13-11-25)18-5-2-16(3-6-18)23(31)33-20-14-17(4-7-19(20)27)21-8-9-22(26)34-21;1-14-23-20(25-24-14)21(10-12-27-13-11-21)16-8-6-15(7-9-16)19(26)28-18-5-3-2-4-17(18)22/h2-11,16H,12-15,29H2,1H3,(H,30,31,32);2-9,14H,10-13,27H2,1H3,(H,28,29,30);2-9H,10-13,22H2,1H3,(H,23,24,25). The molecule has 9 N–H and O–H groups in total. The monoisotopic (exact) mass is 1340 g/mol. The maximum Gasteiger partial charge on any atom is 0.343 e. The van der Waals surface area contributed by atoms with E-state index in [-0.39, 0.29) is 27.8 Å². The number of nitrogen functional groups attached to an aromatic ring is 3. The quantitative estimate of drug-likeness (QED) is 0.0335. The highest BCUT2D eigenvalue weighted by molar-refractivity contribution is 7.19. The number of aryl methyl sites for hydroxylation is 3. The molecule has 14 rings (SSSR count). The number of para-hydroxylation sites is 2. The summed E-state index contributed by atoms with van der Waals surface area (Å²) >= 11 is 7.50. The van der Waals surface area contributed by atoms with Crippen LogP contribution in [0.5, 0.6) is 17.2 Å². The Kier molecular flexibility index (Phi) is 20.1. The van der Waals surface area contributed by atoms with Gasteiger partial charge in [-0.15, -0.1) is 11.3 Å². The average Bonchev–Trinajstić information content (AvgIpc) is 1.78. The lowest BCUT2D eigenvalue weighted by molar-refractivity contribution is 0.0604. The molecule has 0 saturated carbocycles. The lowest BCUT2D eigenvalue weighted by Gasteiger charge is -2.35. The molecule has 3 fully saturated rings. The van der Waals surface area contributed by atoms with Crippen LogP contribution in [0.25, 0.3) is 21.6 Å². The van der Waals surface area contributed by atoms with Gasteiger partial charge < -0.3 is 45.6 Å². The van der Waals surface area contributed by atoms with E-state index in [1.54, 1.807) is 103 Å². The summed E-state index contributed by atoms with van der Waals surface area (Å²) in [5.74, 6) is 3.71. The highest BCUT2D eigenvalue weighted by Gasteiger charge is 2.43. The van der Waals surface area contributed by atoms with E-state index in [0.717, 1.165) is 112 Å². The number of nitrogens with zero attached hydrogens (tertiary/aromatic N) is 6. The number of nitrogens with two attached hydrogens (primary N) is 3. The van der Waals surface area contributed by atoms with Gasteiger partial charge in [0.25, 0.3) is 0 Å². The first kappa shape index (κ1) is 66.6. The number of H-pyrrole nitrogens is 3. The minimum atomic E-state index is -0.519. The summed E-state index contributed by atoms with van der Waals surface area (Å²) in [6, 6.07) is 49.5. The van der Waals surface area contributed by atoms with Crippen LogP contribution in [-0.4, -0.2) is 103 Å². The predicted octanol–water partition coefficient (Wildman–Crippen LogP) is 13.2. The van der Waals surface area contributed by atoms with Crippen LogP contribution < -0.4 is 31.4 Å². The highest BCUT2D eigenvalue weighted by atomic mass is 35.5. The molecule has 4 aromatic heterocycles. The molecular weight excluding hydrogens is 1280 g/mol. The number of benzene rings is 7. The minimum Gasteiger partial charge on any atom is -0.421 e. The van der Waals surface area contributed by atoms with Gasteiger partial charge in [-0.1, -0.05) is 84.4 Å². The van der Waals surface area contributed by atoms with E-state index < -0.39 is 17.9 Å². The molecule has 3 aliphatic heterocycles. The largest absolute Gasteiger partial charge is 0.421 e. The molecule has 3 saturated heterocycles. The Hall–Kier alpha value is -10.4. The van der Waals surface area contributed by atoms with Gasteiger partial charge in [0.05, 0.1) is 54.3 Å². The zero-order chi connectivity index (χ0) is 67.7. The molecule has 0 unspecified atom stereocenters. The third kappa shape index (κ3) is 14.9. The van der Waals surface area contributed by atoms with Gasteiger partial charge in [0.15, 0.2) is 34.7 Å². The summed E-state index contributed by atoms with van der Waals surface area (Å²) in [6.07, 6.45) is 4.61. The summed E-state index contributed by atoms with van der Waals surface area (Å²) in [5.41, 5.74) is 24.9. The molecule has 3 aliphatic rings. The first-order valence-electron chi connectivity index (χ1n) is 31.5.